The number of ketones is 1. The van der Waals surface area contributed by atoms with E-state index in [0.717, 1.165) is 0 Å². The summed E-state index contributed by atoms with van der Waals surface area (Å²) in [5.41, 5.74) is 5.00. The highest BCUT2D eigenvalue weighted by atomic mass is 16.4. The van der Waals surface area contributed by atoms with Crippen LogP contribution in [0.5, 0.6) is 0 Å². The molecule has 108 valence electrons. The van der Waals surface area contributed by atoms with Gasteiger partial charge in [-0.2, -0.15) is 0 Å². The lowest BCUT2D eigenvalue weighted by Gasteiger charge is -2.01. The Morgan fingerprint density at radius 3 is 1.58 bits per heavy atom. The van der Waals surface area contributed by atoms with Gasteiger partial charge in [-0.1, -0.05) is 0 Å². The van der Waals surface area contributed by atoms with Gasteiger partial charge in [0.1, 0.15) is 12.5 Å². The standard InChI is InChI=1S/C5H9NO4.C4H4O5/c6-3(5(9)10)1-2-4(7)8;5-2(4(8)9)1-3(6)7/h3H,1-2,6H2,(H,7,8)(H,9,10);1H2,(H,6,7)(H,8,9)/t3-;/m0./s1. The molecule has 10 heteroatoms. The lowest BCUT2D eigenvalue weighted by Crippen LogP contribution is -2.30. The second-order valence-electron chi connectivity index (χ2n) is 3.18. The van der Waals surface area contributed by atoms with Crippen molar-refractivity contribution in [2.45, 2.75) is 25.3 Å². The van der Waals surface area contributed by atoms with E-state index in [2.05, 4.69) is 0 Å². The second kappa shape index (κ2) is 9.53. The lowest BCUT2D eigenvalue weighted by molar-refractivity contribution is -0.152. The molecule has 0 aliphatic carbocycles. The summed E-state index contributed by atoms with van der Waals surface area (Å²) in [6.45, 7) is 0. The van der Waals surface area contributed by atoms with Gasteiger partial charge in [0, 0.05) is 6.42 Å². The molecule has 0 fully saturated rings. The zero-order chi connectivity index (χ0) is 15.6. The summed E-state index contributed by atoms with van der Waals surface area (Å²) in [4.78, 5) is 49.1. The normalized spacial score (nSPS) is 10.6. The van der Waals surface area contributed by atoms with Crippen LogP contribution < -0.4 is 5.73 Å². The fourth-order valence-electron chi connectivity index (χ4n) is 0.615. The number of carbonyl (C=O) groups is 5. The largest absolute Gasteiger partial charge is 0.481 e. The smallest absolute Gasteiger partial charge is 0.372 e. The first-order valence-electron chi connectivity index (χ1n) is 4.76. The molecule has 0 amide bonds. The number of rotatable bonds is 7. The predicted molar refractivity (Wildman–Crippen MR) is 57.4 cm³/mol. The maximum Gasteiger partial charge on any atom is 0.372 e. The Morgan fingerprint density at radius 2 is 1.37 bits per heavy atom. The van der Waals surface area contributed by atoms with Crippen LogP contribution in [0.1, 0.15) is 19.3 Å². The lowest BCUT2D eigenvalue weighted by atomic mass is 10.2. The number of carboxylic acids is 4. The summed E-state index contributed by atoms with van der Waals surface area (Å²) in [6.07, 6.45) is -1.17. The van der Waals surface area contributed by atoms with Crippen LogP contribution in [-0.2, 0) is 24.0 Å². The van der Waals surface area contributed by atoms with Crippen LogP contribution in [0, 0.1) is 0 Å². The fraction of sp³-hybridized carbons (Fsp3) is 0.444. The van der Waals surface area contributed by atoms with Gasteiger partial charge in [-0.25, -0.2) is 4.79 Å². The van der Waals surface area contributed by atoms with Crippen LogP contribution in [0.3, 0.4) is 0 Å². The summed E-state index contributed by atoms with van der Waals surface area (Å²) >= 11 is 0. The van der Waals surface area contributed by atoms with Gasteiger partial charge in [0.25, 0.3) is 5.78 Å². The fourth-order valence-corrected chi connectivity index (χ4v) is 0.615. The van der Waals surface area contributed by atoms with E-state index < -0.39 is 42.1 Å². The average Bonchev–Trinajstić information content (AvgIpc) is 2.25. The molecule has 0 spiro atoms. The Hall–Kier alpha value is -2.49. The first kappa shape index (κ1) is 18.9. The number of Topliss-reactive ketones (excluding diaryl/α,β-unsaturated/α-hetero) is 1. The molecule has 0 aliphatic rings. The van der Waals surface area contributed by atoms with Crippen molar-refractivity contribution in [3.05, 3.63) is 0 Å². The van der Waals surface area contributed by atoms with E-state index in [0.29, 0.717) is 0 Å². The van der Waals surface area contributed by atoms with Crippen molar-refractivity contribution in [1.29, 1.82) is 0 Å². The zero-order valence-corrected chi connectivity index (χ0v) is 9.61. The molecule has 0 aromatic carbocycles. The van der Waals surface area contributed by atoms with Crippen molar-refractivity contribution < 1.29 is 44.4 Å². The Morgan fingerprint density at radius 1 is 0.895 bits per heavy atom. The molecule has 0 rings (SSSR count). The molecule has 0 bridgehead atoms. The molecule has 0 saturated carbocycles. The van der Waals surface area contributed by atoms with Gasteiger partial charge in [-0.15, -0.1) is 0 Å². The molecule has 19 heavy (non-hydrogen) atoms. The zero-order valence-electron chi connectivity index (χ0n) is 9.61. The van der Waals surface area contributed by atoms with E-state index >= 15 is 0 Å². The minimum Gasteiger partial charge on any atom is -0.481 e. The third-order valence-electron chi connectivity index (χ3n) is 1.54. The topological polar surface area (TPSA) is 192 Å². The Balaban J connectivity index is 0. The van der Waals surface area contributed by atoms with Crippen LogP contribution in [0.15, 0.2) is 0 Å². The molecule has 0 radical (unpaired) electrons. The quantitative estimate of drug-likeness (QED) is 0.267. The highest BCUT2D eigenvalue weighted by molar-refractivity contribution is 6.35. The van der Waals surface area contributed by atoms with E-state index in [9.17, 15) is 24.0 Å². The van der Waals surface area contributed by atoms with Gasteiger partial charge in [0.2, 0.25) is 0 Å². The molecule has 6 N–H and O–H groups in total. The van der Waals surface area contributed by atoms with Crippen LogP contribution in [0.4, 0.5) is 0 Å². The maximum atomic E-state index is 9.99. The number of hydrogen-bond acceptors (Lipinski definition) is 6. The minimum atomic E-state index is -1.71. The summed E-state index contributed by atoms with van der Waals surface area (Å²) < 4.78 is 0. The number of carbonyl (C=O) groups excluding carboxylic acids is 1. The summed E-state index contributed by atoms with van der Waals surface area (Å²) in [6, 6.07) is -1.06. The number of aliphatic carboxylic acids is 4. The predicted octanol–water partition coefficient (Wildman–Crippen LogP) is -1.62. The van der Waals surface area contributed by atoms with Crippen LogP contribution in [0.2, 0.25) is 0 Å². The first-order chi connectivity index (χ1) is 8.57. The Kier molecular flexibility index (Phi) is 9.46. The summed E-state index contributed by atoms with van der Waals surface area (Å²) in [5.74, 6) is -6.64. The Labute approximate surface area is 106 Å². The monoisotopic (exact) mass is 279 g/mol. The summed E-state index contributed by atoms with van der Waals surface area (Å²) in [5, 5.41) is 31.9. The van der Waals surface area contributed by atoms with E-state index in [-0.39, 0.29) is 12.8 Å². The summed E-state index contributed by atoms with van der Waals surface area (Å²) in [7, 11) is 0. The van der Waals surface area contributed by atoms with Crippen molar-refractivity contribution in [2.75, 3.05) is 0 Å². The van der Waals surface area contributed by atoms with E-state index in [4.69, 9.17) is 26.2 Å². The van der Waals surface area contributed by atoms with Gasteiger partial charge in [0.05, 0.1) is 0 Å². The first-order valence-corrected chi connectivity index (χ1v) is 4.76. The van der Waals surface area contributed by atoms with E-state index in [1.807, 2.05) is 0 Å². The van der Waals surface area contributed by atoms with Crippen molar-refractivity contribution in [1.82, 2.24) is 0 Å². The molecular formula is C9H13NO9. The molecule has 0 aromatic rings. The second-order valence-corrected chi connectivity index (χ2v) is 3.18. The maximum absolute atomic E-state index is 9.99. The van der Waals surface area contributed by atoms with Gasteiger partial charge in [0.15, 0.2) is 0 Å². The number of carboxylic acid groups (broad SMARTS) is 4. The molecule has 10 nitrogen and oxygen atoms in total. The van der Waals surface area contributed by atoms with E-state index in [1.54, 1.807) is 0 Å². The molecule has 0 unspecified atom stereocenters. The highest BCUT2D eigenvalue weighted by Crippen LogP contribution is 1.93. The SMILES string of the molecule is N[C@@H](CCC(=O)O)C(=O)O.O=C(O)CC(=O)C(=O)O. The molecule has 0 heterocycles. The highest BCUT2D eigenvalue weighted by Gasteiger charge is 2.14. The molecule has 0 aliphatic heterocycles. The number of hydrogen-bond donors (Lipinski definition) is 5. The van der Waals surface area contributed by atoms with Crippen molar-refractivity contribution in [3.8, 4) is 0 Å². The average molecular weight is 279 g/mol. The molecule has 0 aromatic heterocycles. The third kappa shape index (κ3) is 13.4. The van der Waals surface area contributed by atoms with Crippen molar-refractivity contribution in [3.63, 3.8) is 0 Å². The van der Waals surface area contributed by atoms with Crippen LogP contribution in [-0.4, -0.2) is 56.1 Å². The van der Waals surface area contributed by atoms with Crippen molar-refractivity contribution in [2.24, 2.45) is 5.73 Å². The van der Waals surface area contributed by atoms with E-state index in [1.165, 1.54) is 0 Å². The molecule has 1 atom stereocenters. The third-order valence-corrected chi connectivity index (χ3v) is 1.54. The van der Waals surface area contributed by atoms with Gasteiger partial charge in [-0.05, 0) is 6.42 Å². The molecular weight excluding hydrogens is 266 g/mol. The van der Waals surface area contributed by atoms with Gasteiger partial charge >= 0.3 is 23.9 Å². The number of nitrogens with two attached hydrogens (primary N) is 1. The van der Waals surface area contributed by atoms with Crippen LogP contribution >= 0.6 is 0 Å². The van der Waals surface area contributed by atoms with Gasteiger partial charge in [-0.3, -0.25) is 19.2 Å². The minimum absolute atomic E-state index is 0.0231. The van der Waals surface area contributed by atoms with Crippen LogP contribution in [0.25, 0.3) is 0 Å². The molecule has 0 saturated heterocycles. The van der Waals surface area contributed by atoms with Gasteiger partial charge < -0.3 is 26.2 Å². The Bertz CT molecular complexity index is 376. The van der Waals surface area contributed by atoms with Crippen molar-refractivity contribution >= 4 is 29.7 Å².